The van der Waals surface area contributed by atoms with Gasteiger partial charge in [-0.1, -0.05) is 6.07 Å². The maximum Gasteiger partial charge on any atom is 0.124 e. The van der Waals surface area contributed by atoms with E-state index in [9.17, 15) is 0 Å². The molecule has 0 heterocycles. The normalized spacial score (nSPS) is 11.5. The van der Waals surface area contributed by atoms with Crippen LogP contribution in [0.3, 0.4) is 0 Å². The van der Waals surface area contributed by atoms with E-state index < -0.39 is 0 Å². The van der Waals surface area contributed by atoms with E-state index in [0.29, 0.717) is 0 Å². The average molecular weight is 317 g/mol. The molecule has 0 unspecified atom stereocenters. The van der Waals surface area contributed by atoms with Crippen molar-refractivity contribution >= 4 is 32.8 Å². The Morgan fingerprint density at radius 3 is 2.50 bits per heavy atom. The van der Waals surface area contributed by atoms with Crippen molar-refractivity contribution in [1.82, 2.24) is 0 Å². The van der Waals surface area contributed by atoms with Crippen LogP contribution in [-0.2, 0) is 6.04 Å². The minimum Gasteiger partial charge on any atom is -0.488 e. The summed E-state index contributed by atoms with van der Waals surface area (Å²) in [6, 6.07) is 6.95. The Labute approximate surface area is 103 Å². The summed E-state index contributed by atoms with van der Waals surface area (Å²) >= 11 is 2.33. The van der Waals surface area contributed by atoms with E-state index >= 15 is 0 Å². The Kier molecular flexibility index (Phi) is 4.01. The van der Waals surface area contributed by atoms with E-state index in [1.54, 1.807) is 0 Å². The van der Waals surface area contributed by atoms with Gasteiger partial charge in [0.05, 0.1) is 0 Å². The third-order valence-corrected chi connectivity index (χ3v) is 3.03. The Hall–Kier alpha value is -0.0331. The average Bonchev–Trinajstić information content (AvgIpc) is 2.01. The highest BCUT2D eigenvalue weighted by Crippen LogP contribution is 2.26. The molecule has 1 aromatic carbocycles. The first-order valence-electron chi connectivity index (χ1n) is 4.55. The molecule has 0 aliphatic rings. The predicted octanol–water partition coefficient (Wildman–Crippen LogP) is 3.14. The standard InChI is InChI=1S/C11H14IOSi/c1-11(2,3)13-10-6-4-5-9(12)8(10)7-14/h4-6H,7H2,1-3H3. The second-order valence-electron chi connectivity index (χ2n) is 4.11. The van der Waals surface area contributed by atoms with E-state index in [2.05, 4.69) is 59.7 Å². The first-order chi connectivity index (χ1) is 6.44. The lowest BCUT2D eigenvalue weighted by Gasteiger charge is -2.23. The summed E-state index contributed by atoms with van der Waals surface area (Å²) in [4.78, 5) is 0. The Balaban J connectivity index is 3.02. The third kappa shape index (κ3) is 3.27. The highest BCUT2D eigenvalue weighted by atomic mass is 127. The van der Waals surface area contributed by atoms with Crippen molar-refractivity contribution < 1.29 is 4.74 Å². The molecule has 0 atom stereocenters. The smallest absolute Gasteiger partial charge is 0.124 e. The van der Waals surface area contributed by atoms with E-state index in [-0.39, 0.29) is 5.60 Å². The molecule has 1 nitrogen and oxygen atoms in total. The molecule has 0 N–H and O–H groups in total. The third-order valence-electron chi connectivity index (χ3n) is 1.67. The molecule has 0 fully saturated rings. The predicted molar refractivity (Wildman–Crippen MR) is 69.0 cm³/mol. The van der Waals surface area contributed by atoms with Gasteiger partial charge in [-0.15, -0.1) is 0 Å². The van der Waals surface area contributed by atoms with Gasteiger partial charge in [-0.05, 0) is 61.5 Å². The molecule has 1 aromatic rings. The molecule has 0 bridgehead atoms. The maximum absolute atomic E-state index is 5.87. The summed E-state index contributed by atoms with van der Waals surface area (Å²) in [7, 11) is 3.53. The fourth-order valence-corrected chi connectivity index (χ4v) is 2.52. The largest absolute Gasteiger partial charge is 0.488 e. The summed E-state index contributed by atoms with van der Waals surface area (Å²) in [6.07, 6.45) is 0. The SMILES string of the molecule is CC(C)(C)Oc1cccc(I)c1C[Si]. The fraction of sp³-hybridized carbons (Fsp3) is 0.455. The zero-order chi connectivity index (χ0) is 10.8. The lowest BCUT2D eigenvalue weighted by atomic mass is 10.1. The summed E-state index contributed by atoms with van der Waals surface area (Å²) in [6.45, 7) is 6.18. The van der Waals surface area contributed by atoms with Crippen LogP contribution in [0.15, 0.2) is 18.2 Å². The van der Waals surface area contributed by atoms with E-state index in [0.717, 1.165) is 11.8 Å². The molecule has 14 heavy (non-hydrogen) atoms. The van der Waals surface area contributed by atoms with Crippen molar-refractivity contribution in [3.63, 3.8) is 0 Å². The molecular weight excluding hydrogens is 303 g/mol. The molecule has 0 amide bonds. The summed E-state index contributed by atoms with van der Waals surface area (Å²) in [5.41, 5.74) is 1.08. The summed E-state index contributed by atoms with van der Waals surface area (Å²) in [5.74, 6) is 0.972. The first kappa shape index (κ1) is 12.0. The molecule has 3 radical (unpaired) electrons. The maximum atomic E-state index is 5.87. The van der Waals surface area contributed by atoms with Crippen molar-refractivity contribution in [2.24, 2.45) is 0 Å². The van der Waals surface area contributed by atoms with Gasteiger partial charge in [0.25, 0.3) is 0 Å². The molecule has 0 spiro atoms. The van der Waals surface area contributed by atoms with Crippen LogP contribution in [0.1, 0.15) is 26.3 Å². The minimum atomic E-state index is -0.138. The molecule has 0 aliphatic heterocycles. The van der Waals surface area contributed by atoms with Crippen LogP contribution in [-0.4, -0.2) is 15.8 Å². The number of ether oxygens (including phenoxy) is 1. The first-order valence-corrected chi connectivity index (χ1v) is 6.33. The van der Waals surface area contributed by atoms with Gasteiger partial charge in [-0.25, -0.2) is 0 Å². The van der Waals surface area contributed by atoms with Crippen molar-refractivity contribution in [2.75, 3.05) is 0 Å². The quantitative estimate of drug-likeness (QED) is 0.601. The molecule has 0 aromatic heterocycles. The number of benzene rings is 1. The Morgan fingerprint density at radius 1 is 1.36 bits per heavy atom. The van der Waals surface area contributed by atoms with Crippen LogP contribution in [0.5, 0.6) is 5.75 Å². The molecular formula is C11H14IOSi. The van der Waals surface area contributed by atoms with Crippen molar-refractivity contribution in [2.45, 2.75) is 32.4 Å². The topological polar surface area (TPSA) is 9.23 Å². The van der Waals surface area contributed by atoms with Gasteiger partial charge in [-0.2, -0.15) is 0 Å². The fourth-order valence-electron chi connectivity index (χ4n) is 1.14. The molecule has 3 heteroatoms. The lowest BCUT2D eigenvalue weighted by Crippen LogP contribution is -2.23. The number of rotatable bonds is 2. The molecule has 1 rings (SSSR count). The molecule has 0 saturated carbocycles. The van der Waals surface area contributed by atoms with Crippen LogP contribution in [0.4, 0.5) is 0 Å². The van der Waals surface area contributed by atoms with Gasteiger partial charge < -0.3 is 4.74 Å². The van der Waals surface area contributed by atoms with Crippen LogP contribution in [0.25, 0.3) is 0 Å². The van der Waals surface area contributed by atoms with E-state index in [1.807, 2.05) is 12.1 Å². The number of halogens is 1. The van der Waals surface area contributed by atoms with Crippen LogP contribution in [0.2, 0.25) is 0 Å². The van der Waals surface area contributed by atoms with Crippen LogP contribution in [0, 0.1) is 3.57 Å². The van der Waals surface area contributed by atoms with Crippen molar-refractivity contribution in [3.8, 4) is 5.75 Å². The highest BCUT2D eigenvalue weighted by Gasteiger charge is 2.14. The highest BCUT2D eigenvalue weighted by molar-refractivity contribution is 14.1. The number of hydrogen-bond donors (Lipinski definition) is 0. The Morgan fingerprint density at radius 2 is 2.00 bits per heavy atom. The van der Waals surface area contributed by atoms with Crippen molar-refractivity contribution in [3.05, 3.63) is 27.3 Å². The van der Waals surface area contributed by atoms with Gasteiger partial charge in [0, 0.05) is 19.4 Å². The summed E-state index contributed by atoms with van der Waals surface area (Å²) < 4.78 is 7.10. The monoisotopic (exact) mass is 317 g/mol. The van der Waals surface area contributed by atoms with Crippen LogP contribution < -0.4 is 4.74 Å². The van der Waals surface area contributed by atoms with Crippen molar-refractivity contribution in [1.29, 1.82) is 0 Å². The summed E-state index contributed by atoms with van der Waals surface area (Å²) in [5, 5.41) is 0. The zero-order valence-electron chi connectivity index (χ0n) is 8.73. The van der Waals surface area contributed by atoms with E-state index in [4.69, 9.17) is 4.74 Å². The van der Waals surface area contributed by atoms with Gasteiger partial charge in [0.15, 0.2) is 0 Å². The zero-order valence-corrected chi connectivity index (χ0v) is 11.9. The van der Waals surface area contributed by atoms with Gasteiger partial charge in [0.2, 0.25) is 0 Å². The molecule has 75 valence electrons. The van der Waals surface area contributed by atoms with Gasteiger partial charge in [0.1, 0.15) is 11.4 Å². The second-order valence-corrected chi connectivity index (χ2v) is 5.62. The van der Waals surface area contributed by atoms with Crippen LogP contribution >= 0.6 is 22.6 Å². The second kappa shape index (κ2) is 4.66. The molecule has 0 saturated heterocycles. The number of hydrogen-bond acceptors (Lipinski definition) is 1. The minimum absolute atomic E-state index is 0.138. The Bertz CT molecular complexity index is 318. The lowest BCUT2D eigenvalue weighted by molar-refractivity contribution is 0.129. The van der Waals surface area contributed by atoms with Gasteiger partial charge in [-0.3, -0.25) is 0 Å². The van der Waals surface area contributed by atoms with E-state index in [1.165, 1.54) is 9.13 Å². The molecule has 0 aliphatic carbocycles. The van der Waals surface area contributed by atoms with Gasteiger partial charge >= 0.3 is 0 Å².